The van der Waals surface area contributed by atoms with E-state index in [2.05, 4.69) is 15.1 Å². The molecule has 0 fully saturated rings. The van der Waals surface area contributed by atoms with E-state index in [0.717, 1.165) is 6.20 Å². The summed E-state index contributed by atoms with van der Waals surface area (Å²) in [5.41, 5.74) is 2.51. The lowest BCUT2D eigenvalue weighted by Gasteiger charge is -2.10. The number of nitrogen functional groups attached to an aromatic ring is 1. The first-order valence-electron chi connectivity index (χ1n) is 5.43. The van der Waals surface area contributed by atoms with E-state index in [4.69, 9.17) is 40.6 Å². The number of aromatic nitrogens is 1. The molecule has 0 unspecified atom stereocenters. The van der Waals surface area contributed by atoms with Gasteiger partial charge in [0.1, 0.15) is 4.90 Å². The van der Waals surface area contributed by atoms with Crippen LogP contribution in [0.2, 0.25) is 15.1 Å². The molecule has 0 saturated carbocycles. The van der Waals surface area contributed by atoms with Crippen LogP contribution >= 0.6 is 34.8 Å². The summed E-state index contributed by atoms with van der Waals surface area (Å²) in [5.74, 6) is 5.35. The summed E-state index contributed by atoms with van der Waals surface area (Å²) in [6.45, 7) is 0. The van der Waals surface area contributed by atoms with E-state index in [9.17, 15) is 8.42 Å². The maximum absolute atomic E-state index is 12.2. The summed E-state index contributed by atoms with van der Waals surface area (Å²) in [6.07, 6.45) is 1.13. The van der Waals surface area contributed by atoms with Crippen LogP contribution in [0.4, 0.5) is 11.5 Å². The Morgan fingerprint density at radius 3 is 2.33 bits per heavy atom. The highest BCUT2D eigenvalue weighted by Gasteiger charge is 2.17. The summed E-state index contributed by atoms with van der Waals surface area (Å²) < 4.78 is 26.8. The van der Waals surface area contributed by atoms with Crippen LogP contribution in [0.25, 0.3) is 0 Å². The molecule has 6 nitrogen and oxygen atoms in total. The summed E-state index contributed by atoms with van der Waals surface area (Å²) >= 11 is 17.4. The number of hydrazine groups is 1. The van der Waals surface area contributed by atoms with Crippen molar-refractivity contribution in [3.8, 4) is 0 Å². The molecule has 0 amide bonds. The highest BCUT2D eigenvalue weighted by Crippen LogP contribution is 2.27. The highest BCUT2D eigenvalue weighted by atomic mass is 35.5. The lowest BCUT2D eigenvalue weighted by Crippen LogP contribution is -2.15. The van der Waals surface area contributed by atoms with Crippen LogP contribution < -0.4 is 16.0 Å². The molecule has 1 aromatic heterocycles. The van der Waals surface area contributed by atoms with Crippen LogP contribution in [-0.4, -0.2) is 13.4 Å². The summed E-state index contributed by atoms with van der Waals surface area (Å²) in [7, 11) is -3.86. The van der Waals surface area contributed by atoms with E-state index in [-0.39, 0.29) is 26.4 Å². The molecular weight excluding hydrogens is 359 g/mol. The molecule has 0 bridgehead atoms. The van der Waals surface area contributed by atoms with Gasteiger partial charge in [-0.3, -0.25) is 4.72 Å². The Morgan fingerprint density at radius 2 is 1.76 bits per heavy atom. The summed E-state index contributed by atoms with van der Waals surface area (Å²) in [5, 5.41) is 0.632. The molecule has 0 aliphatic heterocycles. The predicted octanol–water partition coefficient (Wildman–Crippen LogP) is 3.13. The first-order valence-corrected chi connectivity index (χ1v) is 8.05. The van der Waals surface area contributed by atoms with Gasteiger partial charge < -0.3 is 5.43 Å². The van der Waals surface area contributed by atoms with Crippen LogP contribution in [0.1, 0.15) is 0 Å². The number of nitrogens with two attached hydrogens (primary N) is 1. The zero-order valence-corrected chi connectivity index (χ0v) is 13.4. The number of rotatable bonds is 4. The Balaban J connectivity index is 2.33. The fourth-order valence-electron chi connectivity index (χ4n) is 1.45. The minimum atomic E-state index is -3.86. The van der Waals surface area contributed by atoms with Gasteiger partial charge in [0.15, 0.2) is 5.82 Å². The molecule has 112 valence electrons. The van der Waals surface area contributed by atoms with Gasteiger partial charge in [0.2, 0.25) is 0 Å². The molecule has 0 saturated heterocycles. The Kier molecular flexibility index (Phi) is 4.80. The second kappa shape index (κ2) is 6.25. The van der Waals surface area contributed by atoms with Gasteiger partial charge in [-0.15, -0.1) is 0 Å². The molecule has 0 atom stereocenters. The number of nitrogens with zero attached hydrogens (tertiary/aromatic N) is 1. The van der Waals surface area contributed by atoms with Crippen molar-refractivity contribution in [2.45, 2.75) is 4.90 Å². The molecule has 0 radical (unpaired) electrons. The van der Waals surface area contributed by atoms with Crippen molar-refractivity contribution in [3.63, 3.8) is 0 Å². The van der Waals surface area contributed by atoms with Crippen molar-refractivity contribution < 1.29 is 8.42 Å². The molecular formula is C11H9Cl3N4O2S. The number of hydrogen-bond acceptors (Lipinski definition) is 5. The highest BCUT2D eigenvalue weighted by molar-refractivity contribution is 7.92. The maximum atomic E-state index is 12.2. The van der Waals surface area contributed by atoms with Crippen LogP contribution in [0.15, 0.2) is 35.4 Å². The predicted molar refractivity (Wildman–Crippen MR) is 84.3 cm³/mol. The van der Waals surface area contributed by atoms with Crippen molar-refractivity contribution in [2.75, 3.05) is 10.1 Å². The number of nitrogens with one attached hydrogen (secondary N) is 2. The number of hydrogen-bond donors (Lipinski definition) is 3. The molecule has 1 heterocycles. The van der Waals surface area contributed by atoms with E-state index in [1.807, 2.05) is 0 Å². The largest absolute Gasteiger partial charge is 0.307 e. The number of anilines is 2. The topological polar surface area (TPSA) is 97.1 Å². The summed E-state index contributed by atoms with van der Waals surface area (Å²) in [6, 6.07) is 5.58. The Morgan fingerprint density at radius 1 is 1.05 bits per heavy atom. The quantitative estimate of drug-likeness (QED) is 0.570. The van der Waals surface area contributed by atoms with E-state index in [0.29, 0.717) is 5.02 Å². The van der Waals surface area contributed by atoms with Crippen molar-refractivity contribution >= 4 is 56.3 Å². The van der Waals surface area contributed by atoms with E-state index < -0.39 is 10.0 Å². The third kappa shape index (κ3) is 3.69. The zero-order valence-electron chi connectivity index (χ0n) is 10.3. The van der Waals surface area contributed by atoms with Crippen LogP contribution in [0.3, 0.4) is 0 Å². The molecule has 21 heavy (non-hydrogen) atoms. The van der Waals surface area contributed by atoms with Crippen molar-refractivity contribution in [1.29, 1.82) is 0 Å². The zero-order chi connectivity index (χ0) is 15.6. The number of halogens is 3. The molecule has 1 aromatic carbocycles. The van der Waals surface area contributed by atoms with Crippen molar-refractivity contribution in [1.82, 2.24) is 4.98 Å². The van der Waals surface area contributed by atoms with Gasteiger partial charge in [0.25, 0.3) is 10.0 Å². The van der Waals surface area contributed by atoms with Crippen LogP contribution in [-0.2, 0) is 10.0 Å². The molecule has 0 spiro atoms. The number of pyridine rings is 1. The van der Waals surface area contributed by atoms with Gasteiger partial charge in [-0.05, 0) is 24.3 Å². The number of sulfonamides is 1. The van der Waals surface area contributed by atoms with Gasteiger partial charge in [-0.25, -0.2) is 19.2 Å². The van der Waals surface area contributed by atoms with Gasteiger partial charge in [0.05, 0.1) is 20.8 Å². The monoisotopic (exact) mass is 366 g/mol. The smallest absolute Gasteiger partial charge is 0.263 e. The van der Waals surface area contributed by atoms with Crippen molar-refractivity contribution in [2.24, 2.45) is 5.84 Å². The van der Waals surface area contributed by atoms with E-state index in [1.165, 1.54) is 24.3 Å². The van der Waals surface area contributed by atoms with Crippen molar-refractivity contribution in [3.05, 3.63) is 45.5 Å². The lowest BCUT2D eigenvalue weighted by atomic mass is 10.3. The molecule has 2 aromatic rings. The third-order valence-electron chi connectivity index (χ3n) is 2.43. The minimum absolute atomic E-state index is 0.0783. The van der Waals surface area contributed by atoms with E-state index in [1.54, 1.807) is 0 Å². The van der Waals surface area contributed by atoms with Gasteiger partial charge >= 0.3 is 0 Å². The SMILES string of the molecule is NNc1ncc(S(=O)(=O)Nc2ccc(Cl)c(Cl)c2)cc1Cl. The third-order valence-corrected chi connectivity index (χ3v) is 4.81. The second-order valence-electron chi connectivity index (χ2n) is 3.88. The fourth-order valence-corrected chi connectivity index (χ4v) is 3.05. The number of benzene rings is 1. The Bertz CT molecular complexity index is 783. The average Bonchev–Trinajstić information content (AvgIpc) is 2.42. The van der Waals surface area contributed by atoms with E-state index >= 15 is 0 Å². The molecule has 10 heteroatoms. The summed E-state index contributed by atoms with van der Waals surface area (Å²) in [4.78, 5) is 3.69. The van der Waals surface area contributed by atoms with Gasteiger partial charge in [0, 0.05) is 6.20 Å². The maximum Gasteiger partial charge on any atom is 0.263 e. The standard InChI is InChI=1S/C11H9Cl3N4O2S/c12-8-2-1-6(3-9(8)13)18-21(19,20)7-4-10(14)11(17-15)16-5-7/h1-5,18H,15H2,(H,16,17). The minimum Gasteiger partial charge on any atom is -0.307 e. The average molecular weight is 368 g/mol. The fraction of sp³-hybridized carbons (Fsp3) is 0. The van der Waals surface area contributed by atoms with Gasteiger partial charge in [-0.2, -0.15) is 0 Å². The van der Waals surface area contributed by atoms with Gasteiger partial charge in [-0.1, -0.05) is 34.8 Å². The first kappa shape index (κ1) is 16.1. The Hall–Kier alpha value is -1.25. The molecule has 4 N–H and O–H groups in total. The van der Waals surface area contributed by atoms with Crippen LogP contribution in [0.5, 0.6) is 0 Å². The first-order chi connectivity index (χ1) is 9.83. The van der Waals surface area contributed by atoms with Crippen LogP contribution in [0, 0.1) is 0 Å². The normalized spacial score (nSPS) is 11.2. The Labute approximate surface area is 136 Å². The molecule has 0 aliphatic carbocycles. The second-order valence-corrected chi connectivity index (χ2v) is 6.78. The molecule has 2 rings (SSSR count). The lowest BCUT2D eigenvalue weighted by molar-refractivity contribution is 0.601. The molecule has 0 aliphatic rings.